The second-order valence-corrected chi connectivity index (χ2v) is 6.27. The molecule has 0 amide bonds. The van der Waals surface area contributed by atoms with E-state index in [9.17, 15) is 12.8 Å². The summed E-state index contributed by atoms with van der Waals surface area (Å²) in [4.78, 5) is -0.0295. The predicted molar refractivity (Wildman–Crippen MR) is 72.8 cm³/mol. The Morgan fingerprint density at radius 3 is 2.79 bits per heavy atom. The Hall–Kier alpha value is -1.41. The van der Waals surface area contributed by atoms with Gasteiger partial charge in [0.1, 0.15) is 10.7 Å². The number of benzene rings is 1. The highest BCUT2D eigenvalue weighted by atomic mass is 79.9. The molecule has 19 heavy (non-hydrogen) atoms. The first-order valence-corrected chi connectivity index (χ1v) is 7.70. The maximum Gasteiger partial charge on any atom is 0.263 e. The molecular formula is C11H11BrFN3O2S. The van der Waals surface area contributed by atoms with Crippen LogP contribution in [0.4, 0.5) is 10.1 Å². The van der Waals surface area contributed by atoms with Gasteiger partial charge in [0.2, 0.25) is 0 Å². The summed E-state index contributed by atoms with van der Waals surface area (Å²) in [5.74, 6) is -0.510. The molecule has 0 aliphatic heterocycles. The van der Waals surface area contributed by atoms with Gasteiger partial charge in [-0.1, -0.05) is 0 Å². The van der Waals surface area contributed by atoms with Gasteiger partial charge in [0.15, 0.2) is 0 Å². The SMILES string of the molecule is CCn1cc(NS(=O)(=O)c2ccc(F)cc2Br)cn1. The number of hydrogen-bond donors (Lipinski definition) is 1. The molecule has 0 saturated heterocycles. The predicted octanol–water partition coefficient (Wildman–Crippen LogP) is 2.61. The highest BCUT2D eigenvalue weighted by molar-refractivity contribution is 9.10. The van der Waals surface area contributed by atoms with Crippen molar-refractivity contribution in [3.63, 3.8) is 0 Å². The molecule has 0 atom stereocenters. The summed E-state index contributed by atoms with van der Waals surface area (Å²) < 4.78 is 41.4. The highest BCUT2D eigenvalue weighted by Gasteiger charge is 2.18. The summed E-state index contributed by atoms with van der Waals surface area (Å²) in [6, 6.07) is 3.39. The number of aryl methyl sites for hydroxylation is 1. The average Bonchev–Trinajstić information content (AvgIpc) is 2.75. The van der Waals surface area contributed by atoms with Crippen LogP contribution in [0.5, 0.6) is 0 Å². The highest BCUT2D eigenvalue weighted by Crippen LogP contribution is 2.24. The molecule has 1 heterocycles. The maximum atomic E-state index is 13.0. The molecule has 0 aliphatic rings. The zero-order valence-electron chi connectivity index (χ0n) is 9.97. The lowest BCUT2D eigenvalue weighted by Gasteiger charge is -2.07. The molecular weight excluding hydrogens is 337 g/mol. The van der Waals surface area contributed by atoms with Crippen molar-refractivity contribution in [2.24, 2.45) is 0 Å². The topological polar surface area (TPSA) is 64.0 Å². The third-order valence-corrected chi connectivity index (χ3v) is 4.75. The summed E-state index contributed by atoms with van der Waals surface area (Å²) in [6.45, 7) is 2.53. The summed E-state index contributed by atoms with van der Waals surface area (Å²) in [5.41, 5.74) is 0.359. The molecule has 102 valence electrons. The van der Waals surface area contributed by atoms with E-state index in [0.717, 1.165) is 12.1 Å². The van der Waals surface area contributed by atoms with E-state index in [1.54, 1.807) is 10.9 Å². The third kappa shape index (κ3) is 3.13. The number of halogens is 2. The summed E-state index contributed by atoms with van der Waals surface area (Å²) in [6.07, 6.45) is 2.99. The van der Waals surface area contributed by atoms with E-state index in [-0.39, 0.29) is 9.37 Å². The maximum absolute atomic E-state index is 13.0. The quantitative estimate of drug-likeness (QED) is 0.924. The number of anilines is 1. The smallest absolute Gasteiger partial charge is 0.263 e. The van der Waals surface area contributed by atoms with Gasteiger partial charge < -0.3 is 0 Å². The van der Waals surface area contributed by atoms with Crippen LogP contribution in [-0.4, -0.2) is 18.2 Å². The molecule has 0 bridgehead atoms. The molecule has 2 aromatic rings. The molecule has 8 heteroatoms. The Balaban J connectivity index is 2.32. The Kier molecular flexibility index (Phi) is 3.91. The van der Waals surface area contributed by atoms with Crippen molar-refractivity contribution in [1.29, 1.82) is 0 Å². The molecule has 5 nitrogen and oxygen atoms in total. The largest absolute Gasteiger partial charge is 0.276 e. The molecule has 0 saturated carbocycles. The van der Waals surface area contributed by atoms with E-state index in [1.165, 1.54) is 12.3 Å². The Morgan fingerprint density at radius 2 is 2.21 bits per heavy atom. The number of aromatic nitrogens is 2. The van der Waals surface area contributed by atoms with Crippen LogP contribution < -0.4 is 4.72 Å². The molecule has 0 spiro atoms. The van der Waals surface area contributed by atoms with E-state index >= 15 is 0 Å². The Bertz CT molecular complexity index is 700. The third-order valence-electron chi connectivity index (χ3n) is 2.39. The second kappa shape index (κ2) is 5.30. The van der Waals surface area contributed by atoms with Gasteiger partial charge in [-0.2, -0.15) is 5.10 Å². The van der Waals surface area contributed by atoms with E-state index < -0.39 is 15.8 Å². The summed E-state index contributed by atoms with van der Waals surface area (Å²) in [7, 11) is -3.77. The van der Waals surface area contributed by atoms with Crippen molar-refractivity contribution in [3.05, 3.63) is 40.9 Å². The lowest BCUT2D eigenvalue weighted by Crippen LogP contribution is -2.13. The van der Waals surface area contributed by atoms with Crippen LogP contribution in [0, 0.1) is 5.82 Å². The molecule has 0 fully saturated rings. The van der Waals surface area contributed by atoms with Crippen LogP contribution in [0.2, 0.25) is 0 Å². The average molecular weight is 348 g/mol. The van der Waals surface area contributed by atoms with Crippen molar-refractivity contribution in [3.8, 4) is 0 Å². The van der Waals surface area contributed by atoms with Gasteiger partial charge >= 0.3 is 0 Å². The fraction of sp³-hybridized carbons (Fsp3) is 0.182. The fourth-order valence-corrected chi connectivity index (χ4v) is 3.57. The van der Waals surface area contributed by atoms with Crippen molar-refractivity contribution in [2.75, 3.05) is 4.72 Å². The van der Waals surface area contributed by atoms with Gasteiger partial charge in [0.25, 0.3) is 10.0 Å². The van der Waals surface area contributed by atoms with Gasteiger partial charge in [0, 0.05) is 17.2 Å². The lowest BCUT2D eigenvalue weighted by atomic mass is 10.3. The van der Waals surface area contributed by atoms with Gasteiger partial charge in [-0.25, -0.2) is 12.8 Å². The Morgan fingerprint density at radius 1 is 1.47 bits per heavy atom. The van der Waals surface area contributed by atoms with Crippen LogP contribution in [-0.2, 0) is 16.6 Å². The number of hydrogen-bond acceptors (Lipinski definition) is 3. The van der Waals surface area contributed by atoms with Crippen LogP contribution in [0.15, 0.2) is 40.0 Å². The number of sulfonamides is 1. The summed E-state index contributed by atoms with van der Waals surface area (Å²) in [5, 5.41) is 3.97. The lowest BCUT2D eigenvalue weighted by molar-refractivity contribution is 0.599. The molecule has 0 radical (unpaired) electrons. The standard InChI is InChI=1S/C11H11BrFN3O2S/c1-2-16-7-9(6-14-16)15-19(17,18)11-4-3-8(13)5-10(11)12/h3-7,15H,2H2,1H3. The number of nitrogens with one attached hydrogen (secondary N) is 1. The number of nitrogens with zero attached hydrogens (tertiary/aromatic N) is 2. The van der Waals surface area contributed by atoms with Gasteiger partial charge in [-0.3, -0.25) is 9.40 Å². The minimum atomic E-state index is -3.77. The summed E-state index contributed by atoms with van der Waals surface area (Å²) >= 11 is 3.04. The zero-order chi connectivity index (χ0) is 14.0. The monoisotopic (exact) mass is 347 g/mol. The molecule has 1 N–H and O–H groups in total. The van der Waals surface area contributed by atoms with Crippen LogP contribution in [0.25, 0.3) is 0 Å². The minimum Gasteiger partial charge on any atom is -0.276 e. The van der Waals surface area contributed by atoms with Crippen molar-refractivity contribution < 1.29 is 12.8 Å². The van der Waals surface area contributed by atoms with Gasteiger partial charge in [0.05, 0.1) is 11.9 Å². The Labute approximate surface area is 118 Å². The van der Waals surface area contributed by atoms with Crippen LogP contribution in [0.1, 0.15) is 6.92 Å². The van der Waals surface area contributed by atoms with E-state index in [2.05, 4.69) is 25.8 Å². The van der Waals surface area contributed by atoms with Gasteiger partial charge in [-0.15, -0.1) is 0 Å². The van der Waals surface area contributed by atoms with Crippen molar-refractivity contribution in [1.82, 2.24) is 9.78 Å². The molecule has 2 rings (SSSR count). The van der Waals surface area contributed by atoms with Crippen LogP contribution in [0.3, 0.4) is 0 Å². The first kappa shape index (κ1) is 14.0. The molecule has 1 aromatic heterocycles. The molecule has 0 aliphatic carbocycles. The van der Waals surface area contributed by atoms with Crippen LogP contribution >= 0.6 is 15.9 Å². The van der Waals surface area contributed by atoms with Crippen molar-refractivity contribution >= 4 is 31.6 Å². The minimum absolute atomic E-state index is 0.0295. The second-order valence-electron chi connectivity index (χ2n) is 3.76. The van der Waals surface area contributed by atoms with E-state index in [0.29, 0.717) is 12.2 Å². The van der Waals surface area contributed by atoms with E-state index in [4.69, 9.17) is 0 Å². The molecule has 1 aromatic carbocycles. The first-order chi connectivity index (χ1) is 8.92. The fourth-order valence-electron chi connectivity index (χ4n) is 1.49. The van der Waals surface area contributed by atoms with Crippen molar-refractivity contribution in [2.45, 2.75) is 18.4 Å². The van der Waals surface area contributed by atoms with E-state index in [1.807, 2.05) is 6.92 Å². The zero-order valence-corrected chi connectivity index (χ0v) is 12.4. The normalized spacial score (nSPS) is 11.5. The first-order valence-electron chi connectivity index (χ1n) is 5.42. The van der Waals surface area contributed by atoms with Gasteiger partial charge in [-0.05, 0) is 41.1 Å². The molecule has 0 unspecified atom stereocenters. The number of rotatable bonds is 4.